The SMILES string of the molecule is O=C(Nc1cccc(I)c1)c1cc(C2CC2)[nH]n1. The van der Waals surface area contributed by atoms with E-state index in [2.05, 4.69) is 38.1 Å². The maximum absolute atomic E-state index is 12.0. The predicted molar refractivity (Wildman–Crippen MR) is 77.7 cm³/mol. The van der Waals surface area contributed by atoms with E-state index in [1.807, 2.05) is 30.3 Å². The van der Waals surface area contributed by atoms with Crippen molar-refractivity contribution in [1.82, 2.24) is 10.2 Å². The minimum atomic E-state index is -0.167. The number of carbonyl (C=O) groups is 1. The molecular weight excluding hydrogens is 341 g/mol. The molecular formula is C13H12IN3O. The van der Waals surface area contributed by atoms with Gasteiger partial charge in [0.2, 0.25) is 0 Å². The Hall–Kier alpha value is -1.37. The molecule has 0 radical (unpaired) electrons. The number of anilines is 1. The number of nitrogens with one attached hydrogen (secondary N) is 2. The van der Waals surface area contributed by atoms with Crippen LogP contribution in [0.15, 0.2) is 30.3 Å². The third-order valence-electron chi connectivity index (χ3n) is 2.93. The van der Waals surface area contributed by atoms with Crippen LogP contribution in [-0.2, 0) is 0 Å². The molecule has 0 unspecified atom stereocenters. The van der Waals surface area contributed by atoms with Crippen LogP contribution in [0.25, 0.3) is 0 Å². The summed E-state index contributed by atoms with van der Waals surface area (Å²) >= 11 is 2.21. The van der Waals surface area contributed by atoms with E-state index in [9.17, 15) is 4.79 Å². The lowest BCUT2D eigenvalue weighted by atomic mass is 10.2. The van der Waals surface area contributed by atoms with Crippen LogP contribution in [0.2, 0.25) is 0 Å². The zero-order valence-corrected chi connectivity index (χ0v) is 11.8. The highest BCUT2D eigenvalue weighted by molar-refractivity contribution is 14.1. The number of H-pyrrole nitrogens is 1. The number of halogens is 1. The van der Waals surface area contributed by atoms with Gasteiger partial charge in [0.1, 0.15) is 0 Å². The molecule has 2 N–H and O–H groups in total. The predicted octanol–water partition coefficient (Wildman–Crippen LogP) is 3.14. The van der Waals surface area contributed by atoms with E-state index in [-0.39, 0.29) is 5.91 Å². The summed E-state index contributed by atoms with van der Waals surface area (Å²) in [5.74, 6) is 0.414. The fourth-order valence-corrected chi connectivity index (χ4v) is 2.36. The van der Waals surface area contributed by atoms with Gasteiger partial charge in [0.05, 0.1) is 0 Å². The van der Waals surface area contributed by atoms with Crippen molar-refractivity contribution in [3.63, 3.8) is 0 Å². The summed E-state index contributed by atoms with van der Waals surface area (Å²) in [5.41, 5.74) is 2.32. The van der Waals surface area contributed by atoms with E-state index >= 15 is 0 Å². The molecule has 5 heteroatoms. The molecule has 0 aliphatic heterocycles. The minimum Gasteiger partial charge on any atom is -0.321 e. The summed E-state index contributed by atoms with van der Waals surface area (Å²) in [6.45, 7) is 0. The highest BCUT2D eigenvalue weighted by Gasteiger charge is 2.26. The summed E-state index contributed by atoms with van der Waals surface area (Å²) < 4.78 is 1.09. The van der Waals surface area contributed by atoms with Gasteiger partial charge in [-0.1, -0.05) is 6.07 Å². The molecule has 18 heavy (non-hydrogen) atoms. The average Bonchev–Trinajstić information content (AvgIpc) is 3.07. The second-order valence-corrected chi connectivity index (χ2v) is 5.69. The molecule has 1 aromatic heterocycles. The number of amides is 1. The minimum absolute atomic E-state index is 0.167. The summed E-state index contributed by atoms with van der Waals surface area (Å²) in [6.07, 6.45) is 2.39. The molecule has 0 bridgehead atoms. The van der Waals surface area contributed by atoms with Crippen LogP contribution in [0, 0.1) is 3.57 Å². The topological polar surface area (TPSA) is 57.8 Å². The summed E-state index contributed by atoms with van der Waals surface area (Å²) in [6, 6.07) is 9.54. The van der Waals surface area contributed by atoms with E-state index in [4.69, 9.17) is 0 Å². The molecule has 1 aromatic carbocycles. The molecule has 1 saturated carbocycles. The standard InChI is InChI=1S/C13H12IN3O/c14-9-2-1-3-10(6-9)15-13(18)12-7-11(16-17-12)8-4-5-8/h1-3,6-8H,4-5H2,(H,15,18)(H,16,17). The van der Waals surface area contributed by atoms with Crippen molar-refractivity contribution in [1.29, 1.82) is 0 Å². The highest BCUT2D eigenvalue weighted by atomic mass is 127. The van der Waals surface area contributed by atoms with Crippen molar-refractivity contribution in [2.24, 2.45) is 0 Å². The number of rotatable bonds is 3. The normalized spacial score (nSPS) is 14.5. The van der Waals surface area contributed by atoms with Gasteiger partial charge in [0.15, 0.2) is 5.69 Å². The van der Waals surface area contributed by atoms with E-state index in [1.54, 1.807) is 0 Å². The Morgan fingerprint density at radius 2 is 2.22 bits per heavy atom. The average molecular weight is 353 g/mol. The van der Waals surface area contributed by atoms with Gasteiger partial charge in [-0.25, -0.2) is 0 Å². The van der Waals surface area contributed by atoms with Gasteiger partial charge < -0.3 is 5.32 Å². The van der Waals surface area contributed by atoms with Crippen molar-refractivity contribution in [2.75, 3.05) is 5.32 Å². The van der Waals surface area contributed by atoms with Gasteiger partial charge in [-0.05, 0) is 59.7 Å². The number of benzene rings is 1. The number of aromatic amines is 1. The Balaban J connectivity index is 1.73. The van der Waals surface area contributed by atoms with Gasteiger partial charge in [-0.3, -0.25) is 9.89 Å². The van der Waals surface area contributed by atoms with E-state index in [1.165, 1.54) is 12.8 Å². The van der Waals surface area contributed by atoms with Crippen molar-refractivity contribution in [2.45, 2.75) is 18.8 Å². The van der Waals surface area contributed by atoms with E-state index < -0.39 is 0 Å². The fraction of sp³-hybridized carbons (Fsp3) is 0.231. The molecule has 1 amide bonds. The maximum atomic E-state index is 12.0. The summed E-state index contributed by atoms with van der Waals surface area (Å²) in [5, 5.41) is 9.84. The molecule has 0 saturated heterocycles. The second kappa shape index (κ2) is 4.72. The number of carbonyl (C=O) groups excluding carboxylic acids is 1. The Bertz CT molecular complexity index is 589. The summed E-state index contributed by atoms with van der Waals surface area (Å²) in [4.78, 5) is 12.0. The Labute approximate surface area is 118 Å². The monoisotopic (exact) mass is 353 g/mol. The molecule has 1 aliphatic carbocycles. The molecule has 0 atom stereocenters. The van der Waals surface area contributed by atoms with Gasteiger partial charge in [0.25, 0.3) is 5.91 Å². The van der Waals surface area contributed by atoms with Crippen LogP contribution < -0.4 is 5.32 Å². The smallest absolute Gasteiger partial charge is 0.276 e. The van der Waals surface area contributed by atoms with Crippen molar-refractivity contribution in [3.8, 4) is 0 Å². The Kier molecular flexibility index (Phi) is 3.07. The molecule has 92 valence electrons. The fourth-order valence-electron chi connectivity index (χ4n) is 1.82. The summed E-state index contributed by atoms with van der Waals surface area (Å²) in [7, 11) is 0. The van der Waals surface area contributed by atoms with Crippen LogP contribution in [0.1, 0.15) is 34.9 Å². The highest BCUT2D eigenvalue weighted by Crippen LogP contribution is 2.39. The lowest BCUT2D eigenvalue weighted by Gasteiger charge is -2.02. The van der Waals surface area contributed by atoms with Crippen LogP contribution in [0.4, 0.5) is 5.69 Å². The van der Waals surface area contributed by atoms with Crippen LogP contribution in [-0.4, -0.2) is 16.1 Å². The third kappa shape index (κ3) is 2.55. The number of aromatic nitrogens is 2. The second-order valence-electron chi connectivity index (χ2n) is 4.45. The molecule has 3 rings (SSSR count). The first-order valence-corrected chi connectivity index (χ1v) is 6.92. The van der Waals surface area contributed by atoms with E-state index in [0.29, 0.717) is 11.6 Å². The molecule has 1 heterocycles. The largest absolute Gasteiger partial charge is 0.321 e. The van der Waals surface area contributed by atoms with Gasteiger partial charge in [0, 0.05) is 20.9 Å². The number of hydrogen-bond donors (Lipinski definition) is 2. The Morgan fingerprint density at radius 3 is 2.94 bits per heavy atom. The van der Waals surface area contributed by atoms with Crippen molar-refractivity contribution >= 4 is 34.2 Å². The quantitative estimate of drug-likeness (QED) is 0.833. The van der Waals surface area contributed by atoms with Crippen LogP contribution in [0.3, 0.4) is 0 Å². The molecule has 0 spiro atoms. The molecule has 1 aliphatic rings. The zero-order valence-electron chi connectivity index (χ0n) is 9.61. The van der Waals surface area contributed by atoms with Gasteiger partial charge in [-0.15, -0.1) is 0 Å². The zero-order chi connectivity index (χ0) is 12.5. The lowest BCUT2D eigenvalue weighted by Crippen LogP contribution is -2.12. The first kappa shape index (κ1) is 11.7. The first-order valence-electron chi connectivity index (χ1n) is 5.84. The number of hydrogen-bond acceptors (Lipinski definition) is 2. The van der Waals surface area contributed by atoms with Gasteiger partial charge in [-0.2, -0.15) is 5.10 Å². The third-order valence-corrected chi connectivity index (χ3v) is 3.60. The van der Waals surface area contributed by atoms with Crippen molar-refractivity contribution in [3.05, 3.63) is 45.3 Å². The van der Waals surface area contributed by atoms with Crippen molar-refractivity contribution < 1.29 is 4.79 Å². The molecule has 1 fully saturated rings. The van der Waals surface area contributed by atoms with Crippen LogP contribution in [0.5, 0.6) is 0 Å². The molecule has 4 nitrogen and oxygen atoms in total. The number of nitrogens with zero attached hydrogens (tertiary/aromatic N) is 1. The Morgan fingerprint density at radius 1 is 1.39 bits per heavy atom. The molecule has 2 aromatic rings. The maximum Gasteiger partial charge on any atom is 0.276 e. The van der Waals surface area contributed by atoms with Crippen LogP contribution >= 0.6 is 22.6 Å². The first-order chi connectivity index (χ1) is 8.72. The van der Waals surface area contributed by atoms with E-state index in [0.717, 1.165) is 15.0 Å². The van der Waals surface area contributed by atoms with Gasteiger partial charge >= 0.3 is 0 Å². The lowest BCUT2D eigenvalue weighted by molar-refractivity contribution is 0.102.